The average Bonchev–Trinajstić information content (AvgIpc) is 2.40. The summed E-state index contributed by atoms with van der Waals surface area (Å²) in [6.45, 7) is 2.14. The fourth-order valence-corrected chi connectivity index (χ4v) is 2.21. The van der Waals surface area contributed by atoms with Crippen LogP contribution in [0.15, 0.2) is 54.9 Å². The van der Waals surface area contributed by atoms with Crippen LogP contribution in [0.5, 0.6) is 0 Å². The van der Waals surface area contributed by atoms with Gasteiger partial charge in [-0.15, -0.1) is 0 Å². The van der Waals surface area contributed by atoms with Gasteiger partial charge in [0.05, 0.1) is 0 Å². The molecule has 0 aliphatic heterocycles. The van der Waals surface area contributed by atoms with Crippen LogP contribution in [0.4, 0.5) is 0 Å². The lowest BCUT2D eigenvalue weighted by Crippen LogP contribution is -1.94. The van der Waals surface area contributed by atoms with Gasteiger partial charge >= 0.3 is 0 Å². The number of aryl methyl sites for hydroxylation is 1. The van der Waals surface area contributed by atoms with Crippen molar-refractivity contribution in [2.45, 2.75) is 13.3 Å². The maximum atomic E-state index is 4.26. The molecule has 0 fully saturated rings. The largest absolute Gasteiger partial charge is 0.241 e. The molecule has 0 N–H and O–H groups in total. The van der Waals surface area contributed by atoms with E-state index in [1.807, 2.05) is 6.07 Å². The first kappa shape index (κ1) is 10.9. The van der Waals surface area contributed by atoms with Crippen molar-refractivity contribution in [1.29, 1.82) is 0 Å². The van der Waals surface area contributed by atoms with Crippen LogP contribution in [0, 0.1) is 6.92 Å². The van der Waals surface area contributed by atoms with Gasteiger partial charge in [0.2, 0.25) is 0 Å². The molecule has 0 aliphatic rings. The minimum Gasteiger partial charge on any atom is -0.241 e. The maximum absolute atomic E-state index is 4.26. The van der Waals surface area contributed by atoms with Crippen LogP contribution in [0.2, 0.25) is 0 Å². The highest BCUT2D eigenvalue weighted by molar-refractivity contribution is 5.86. The zero-order valence-corrected chi connectivity index (χ0v) is 10.3. The van der Waals surface area contributed by atoms with Crippen molar-refractivity contribution in [2.24, 2.45) is 0 Å². The molecule has 0 aliphatic carbocycles. The number of hydrogen-bond acceptors (Lipinski definition) is 2. The third-order valence-electron chi connectivity index (χ3n) is 3.14. The molecule has 2 nitrogen and oxygen atoms in total. The van der Waals surface area contributed by atoms with Crippen LogP contribution in [-0.2, 0) is 6.42 Å². The molecule has 18 heavy (non-hydrogen) atoms. The number of aromatic nitrogens is 2. The van der Waals surface area contributed by atoms with Crippen molar-refractivity contribution < 1.29 is 0 Å². The lowest BCUT2D eigenvalue weighted by Gasteiger charge is -2.05. The molecule has 0 radical (unpaired) electrons. The Hall–Kier alpha value is -2.22. The Morgan fingerprint density at radius 1 is 0.944 bits per heavy atom. The van der Waals surface area contributed by atoms with E-state index in [9.17, 15) is 0 Å². The van der Waals surface area contributed by atoms with Gasteiger partial charge in [0.15, 0.2) is 0 Å². The SMILES string of the molecule is Cc1cccc2cc(Cc3ncccn3)ccc12. The predicted molar refractivity (Wildman–Crippen MR) is 73.5 cm³/mol. The second-order valence-corrected chi connectivity index (χ2v) is 4.47. The zero-order chi connectivity index (χ0) is 12.4. The van der Waals surface area contributed by atoms with Gasteiger partial charge in [-0.1, -0.05) is 36.4 Å². The first-order chi connectivity index (χ1) is 8.83. The van der Waals surface area contributed by atoms with E-state index in [1.165, 1.54) is 21.9 Å². The Bertz CT molecular complexity index is 675. The molecule has 3 aromatic rings. The highest BCUT2D eigenvalue weighted by Crippen LogP contribution is 2.20. The summed E-state index contributed by atoms with van der Waals surface area (Å²) in [6, 6.07) is 14.8. The Morgan fingerprint density at radius 3 is 2.61 bits per heavy atom. The molecule has 0 unspecified atom stereocenters. The van der Waals surface area contributed by atoms with Gasteiger partial charge in [0, 0.05) is 18.8 Å². The summed E-state index contributed by atoms with van der Waals surface area (Å²) in [7, 11) is 0. The number of fused-ring (bicyclic) bond motifs is 1. The molecule has 3 rings (SSSR count). The molecule has 2 aromatic carbocycles. The first-order valence-corrected chi connectivity index (χ1v) is 6.07. The van der Waals surface area contributed by atoms with E-state index in [4.69, 9.17) is 0 Å². The highest BCUT2D eigenvalue weighted by Gasteiger charge is 2.01. The van der Waals surface area contributed by atoms with Crippen molar-refractivity contribution in [2.75, 3.05) is 0 Å². The summed E-state index contributed by atoms with van der Waals surface area (Å²) in [4.78, 5) is 8.52. The topological polar surface area (TPSA) is 25.8 Å². The Labute approximate surface area is 106 Å². The number of nitrogens with zero attached hydrogens (tertiary/aromatic N) is 2. The minimum atomic E-state index is 0.782. The quantitative estimate of drug-likeness (QED) is 0.678. The molecule has 0 saturated carbocycles. The molecule has 88 valence electrons. The molecular formula is C16H14N2. The minimum absolute atomic E-state index is 0.782. The van der Waals surface area contributed by atoms with Crippen LogP contribution in [-0.4, -0.2) is 9.97 Å². The van der Waals surface area contributed by atoms with Gasteiger partial charge in [-0.25, -0.2) is 9.97 Å². The van der Waals surface area contributed by atoms with Gasteiger partial charge in [0.1, 0.15) is 5.82 Å². The summed E-state index contributed by atoms with van der Waals surface area (Å²) in [5.41, 5.74) is 2.56. The van der Waals surface area contributed by atoms with E-state index < -0.39 is 0 Å². The first-order valence-electron chi connectivity index (χ1n) is 6.07. The molecule has 2 heteroatoms. The number of rotatable bonds is 2. The number of benzene rings is 2. The second kappa shape index (κ2) is 4.57. The lowest BCUT2D eigenvalue weighted by molar-refractivity contribution is 0.969. The van der Waals surface area contributed by atoms with Crippen LogP contribution < -0.4 is 0 Å². The Morgan fingerprint density at radius 2 is 1.78 bits per heavy atom. The van der Waals surface area contributed by atoms with Gasteiger partial charge in [-0.2, -0.15) is 0 Å². The molecule has 0 atom stereocenters. The normalized spacial score (nSPS) is 10.7. The molecule has 0 saturated heterocycles. The molecule has 0 amide bonds. The van der Waals surface area contributed by atoms with Crippen molar-refractivity contribution in [3.05, 3.63) is 71.8 Å². The third-order valence-corrected chi connectivity index (χ3v) is 3.14. The summed E-state index contributed by atoms with van der Waals surface area (Å²) in [6.07, 6.45) is 4.35. The smallest absolute Gasteiger partial charge is 0.132 e. The van der Waals surface area contributed by atoms with Crippen LogP contribution >= 0.6 is 0 Å². The van der Waals surface area contributed by atoms with Crippen molar-refractivity contribution in [3.8, 4) is 0 Å². The Balaban J connectivity index is 1.99. The molecule has 1 heterocycles. The Kier molecular flexibility index (Phi) is 2.77. The lowest BCUT2D eigenvalue weighted by atomic mass is 10.0. The number of hydrogen-bond donors (Lipinski definition) is 0. The van der Waals surface area contributed by atoms with E-state index >= 15 is 0 Å². The van der Waals surface area contributed by atoms with E-state index in [1.54, 1.807) is 12.4 Å². The standard InChI is InChI=1S/C16H14N2/c1-12-4-2-5-14-10-13(6-7-15(12)14)11-16-17-8-3-9-18-16/h2-10H,11H2,1H3. The summed E-state index contributed by atoms with van der Waals surface area (Å²) < 4.78 is 0. The molecular weight excluding hydrogens is 220 g/mol. The van der Waals surface area contributed by atoms with Gasteiger partial charge in [-0.3, -0.25) is 0 Å². The molecule has 0 spiro atoms. The van der Waals surface area contributed by atoms with E-state index in [0.29, 0.717) is 0 Å². The van der Waals surface area contributed by atoms with Gasteiger partial charge < -0.3 is 0 Å². The molecule has 1 aromatic heterocycles. The summed E-state index contributed by atoms with van der Waals surface area (Å²) >= 11 is 0. The van der Waals surface area contributed by atoms with Crippen LogP contribution in [0.1, 0.15) is 17.0 Å². The van der Waals surface area contributed by atoms with E-state index in [0.717, 1.165) is 12.2 Å². The monoisotopic (exact) mass is 234 g/mol. The fourth-order valence-electron chi connectivity index (χ4n) is 2.21. The van der Waals surface area contributed by atoms with Crippen LogP contribution in [0.3, 0.4) is 0 Å². The molecule has 0 bridgehead atoms. The van der Waals surface area contributed by atoms with Crippen LogP contribution in [0.25, 0.3) is 10.8 Å². The fraction of sp³-hybridized carbons (Fsp3) is 0.125. The maximum Gasteiger partial charge on any atom is 0.132 e. The third kappa shape index (κ3) is 2.09. The summed E-state index contributed by atoms with van der Waals surface area (Å²) in [5.74, 6) is 0.865. The van der Waals surface area contributed by atoms with E-state index in [2.05, 4.69) is 53.3 Å². The van der Waals surface area contributed by atoms with Gasteiger partial charge in [-0.05, 0) is 34.9 Å². The van der Waals surface area contributed by atoms with E-state index in [-0.39, 0.29) is 0 Å². The van der Waals surface area contributed by atoms with Crippen molar-refractivity contribution >= 4 is 10.8 Å². The summed E-state index contributed by atoms with van der Waals surface area (Å²) in [5, 5.41) is 2.60. The zero-order valence-electron chi connectivity index (χ0n) is 10.3. The predicted octanol–water partition coefficient (Wildman–Crippen LogP) is 3.53. The van der Waals surface area contributed by atoms with Gasteiger partial charge in [0.25, 0.3) is 0 Å². The second-order valence-electron chi connectivity index (χ2n) is 4.47. The average molecular weight is 234 g/mol. The van der Waals surface area contributed by atoms with Crippen molar-refractivity contribution in [3.63, 3.8) is 0 Å². The highest BCUT2D eigenvalue weighted by atomic mass is 14.8. The van der Waals surface area contributed by atoms with Crippen molar-refractivity contribution in [1.82, 2.24) is 9.97 Å².